The molecule has 1 aromatic heterocycles. The minimum Gasteiger partial charge on any atom is -0.330 e. The van der Waals surface area contributed by atoms with Gasteiger partial charge in [0.2, 0.25) is 0 Å². The van der Waals surface area contributed by atoms with Gasteiger partial charge < -0.3 is 5.73 Å². The number of hydrogen-bond donors (Lipinski definition) is 1. The smallest absolute Gasteiger partial charge is 0.131 e. The van der Waals surface area contributed by atoms with Gasteiger partial charge in [0.25, 0.3) is 0 Å². The Hall–Kier alpha value is -1.39. The van der Waals surface area contributed by atoms with Crippen LogP contribution in [0.3, 0.4) is 0 Å². The fraction of sp³-hybridized carbons (Fsp3) is 0.308. The summed E-state index contributed by atoms with van der Waals surface area (Å²) >= 11 is 5.94. The van der Waals surface area contributed by atoms with Crippen molar-refractivity contribution < 1.29 is 4.39 Å². The van der Waals surface area contributed by atoms with E-state index in [4.69, 9.17) is 17.3 Å². The van der Waals surface area contributed by atoms with E-state index in [1.54, 1.807) is 10.7 Å². The van der Waals surface area contributed by atoms with Gasteiger partial charge >= 0.3 is 0 Å². The normalized spacial score (nSPS) is 10.9. The average molecular weight is 268 g/mol. The van der Waals surface area contributed by atoms with Crippen LogP contribution in [-0.2, 0) is 13.5 Å². The lowest BCUT2D eigenvalue weighted by molar-refractivity contribution is 0.631. The van der Waals surface area contributed by atoms with Gasteiger partial charge in [0.05, 0.1) is 5.69 Å². The Balaban J connectivity index is 2.65. The average Bonchev–Trinajstić information content (AvgIpc) is 2.59. The van der Waals surface area contributed by atoms with E-state index in [2.05, 4.69) is 5.10 Å². The van der Waals surface area contributed by atoms with E-state index in [0.717, 1.165) is 17.0 Å². The molecule has 0 fully saturated rings. The molecule has 0 unspecified atom stereocenters. The topological polar surface area (TPSA) is 43.8 Å². The molecule has 0 saturated heterocycles. The molecular weight excluding hydrogens is 253 g/mol. The summed E-state index contributed by atoms with van der Waals surface area (Å²) in [6, 6.07) is 4.53. The first kappa shape index (κ1) is 13.1. The molecule has 0 atom stereocenters. The number of nitrogens with zero attached hydrogens (tertiary/aromatic N) is 2. The van der Waals surface area contributed by atoms with Gasteiger partial charge in [-0.1, -0.05) is 11.6 Å². The number of benzene rings is 1. The molecule has 2 aromatic rings. The second kappa shape index (κ2) is 5.08. The number of rotatable bonds is 3. The summed E-state index contributed by atoms with van der Waals surface area (Å²) in [6.07, 6.45) is 0.614. The fourth-order valence-corrected chi connectivity index (χ4v) is 2.20. The van der Waals surface area contributed by atoms with Crippen LogP contribution in [0, 0.1) is 12.7 Å². The minimum absolute atomic E-state index is 0.297. The highest BCUT2D eigenvalue weighted by Crippen LogP contribution is 2.31. The van der Waals surface area contributed by atoms with Crippen molar-refractivity contribution in [1.82, 2.24) is 9.78 Å². The summed E-state index contributed by atoms with van der Waals surface area (Å²) in [5, 5.41) is 4.88. The lowest BCUT2D eigenvalue weighted by Crippen LogP contribution is -2.04. The summed E-state index contributed by atoms with van der Waals surface area (Å²) < 4.78 is 15.7. The van der Waals surface area contributed by atoms with Crippen molar-refractivity contribution in [3.8, 4) is 11.1 Å². The number of hydrogen-bond acceptors (Lipinski definition) is 2. The van der Waals surface area contributed by atoms with Crippen molar-refractivity contribution in [2.24, 2.45) is 12.8 Å². The Morgan fingerprint density at radius 2 is 2.17 bits per heavy atom. The molecule has 96 valence electrons. The van der Waals surface area contributed by atoms with Gasteiger partial charge in [-0.15, -0.1) is 0 Å². The first-order valence-electron chi connectivity index (χ1n) is 5.72. The highest BCUT2D eigenvalue weighted by Gasteiger charge is 2.17. The van der Waals surface area contributed by atoms with Crippen LogP contribution in [0.1, 0.15) is 11.4 Å². The van der Waals surface area contributed by atoms with Gasteiger partial charge in [0.15, 0.2) is 0 Å². The van der Waals surface area contributed by atoms with Gasteiger partial charge in [-0.05, 0) is 31.7 Å². The van der Waals surface area contributed by atoms with Crippen molar-refractivity contribution in [2.75, 3.05) is 6.54 Å². The molecule has 0 bridgehead atoms. The van der Waals surface area contributed by atoms with Gasteiger partial charge in [-0.25, -0.2) is 4.39 Å². The minimum atomic E-state index is -0.297. The Morgan fingerprint density at radius 1 is 1.44 bits per heavy atom. The highest BCUT2D eigenvalue weighted by molar-refractivity contribution is 6.30. The van der Waals surface area contributed by atoms with E-state index in [1.165, 1.54) is 12.1 Å². The third-order valence-electron chi connectivity index (χ3n) is 2.99. The van der Waals surface area contributed by atoms with E-state index in [9.17, 15) is 4.39 Å². The molecule has 0 radical (unpaired) electrons. The van der Waals surface area contributed by atoms with Crippen LogP contribution < -0.4 is 5.73 Å². The molecule has 0 saturated carbocycles. The summed E-state index contributed by atoms with van der Waals surface area (Å²) in [5.41, 5.74) is 8.55. The summed E-state index contributed by atoms with van der Waals surface area (Å²) in [6.45, 7) is 2.38. The van der Waals surface area contributed by atoms with Crippen molar-refractivity contribution in [3.63, 3.8) is 0 Å². The quantitative estimate of drug-likeness (QED) is 0.929. The van der Waals surface area contributed by atoms with Crippen molar-refractivity contribution >= 4 is 11.6 Å². The van der Waals surface area contributed by atoms with Crippen LogP contribution >= 0.6 is 11.6 Å². The van der Waals surface area contributed by atoms with Crippen LogP contribution in [-0.4, -0.2) is 16.3 Å². The molecule has 0 aliphatic carbocycles. The van der Waals surface area contributed by atoms with Crippen molar-refractivity contribution in [3.05, 3.63) is 40.4 Å². The number of nitrogens with two attached hydrogens (primary N) is 1. The monoisotopic (exact) mass is 267 g/mol. The zero-order chi connectivity index (χ0) is 13.3. The van der Waals surface area contributed by atoms with Gasteiger partial charge in [0.1, 0.15) is 5.82 Å². The molecule has 1 heterocycles. The van der Waals surface area contributed by atoms with Crippen LogP contribution in [0.2, 0.25) is 5.02 Å². The zero-order valence-corrected chi connectivity index (χ0v) is 11.1. The molecule has 3 nitrogen and oxygen atoms in total. The third-order valence-corrected chi connectivity index (χ3v) is 3.22. The summed E-state index contributed by atoms with van der Waals surface area (Å²) in [5.74, 6) is -0.297. The molecule has 1 aromatic carbocycles. The molecule has 0 spiro atoms. The number of aromatic nitrogens is 2. The Labute approximate surface area is 110 Å². The van der Waals surface area contributed by atoms with E-state index in [0.29, 0.717) is 23.6 Å². The van der Waals surface area contributed by atoms with E-state index in [1.807, 2.05) is 14.0 Å². The predicted molar refractivity (Wildman–Crippen MR) is 71.1 cm³/mol. The molecule has 0 aliphatic rings. The van der Waals surface area contributed by atoms with Crippen LogP contribution in [0.25, 0.3) is 11.1 Å². The molecule has 5 heteroatoms. The first-order valence-corrected chi connectivity index (χ1v) is 6.10. The molecule has 2 N–H and O–H groups in total. The molecule has 0 aliphatic heterocycles. The van der Waals surface area contributed by atoms with Crippen LogP contribution in [0.4, 0.5) is 4.39 Å². The molecule has 0 amide bonds. The van der Waals surface area contributed by atoms with Crippen LogP contribution in [0.5, 0.6) is 0 Å². The fourth-order valence-electron chi connectivity index (χ4n) is 2.03. The maximum absolute atomic E-state index is 13.9. The zero-order valence-electron chi connectivity index (χ0n) is 10.4. The van der Waals surface area contributed by atoms with E-state index >= 15 is 0 Å². The maximum Gasteiger partial charge on any atom is 0.131 e. The molecule has 2 rings (SSSR count). The largest absolute Gasteiger partial charge is 0.330 e. The van der Waals surface area contributed by atoms with E-state index in [-0.39, 0.29) is 5.82 Å². The lowest BCUT2D eigenvalue weighted by Gasteiger charge is -2.06. The number of halogens is 2. The van der Waals surface area contributed by atoms with Gasteiger partial charge in [0, 0.05) is 35.3 Å². The summed E-state index contributed by atoms with van der Waals surface area (Å²) in [4.78, 5) is 0. The second-order valence-corrected chi connectivity index (χ2v) is 4.63. The van der Waals surface area contributed by atoms with Crippen LogP contribution in [0.15, 0.2) is 18.2 Å². The standard InChI is InChI=1S/C13H15ClFN3/c1-8-13(12(5-6-16)17-18(8)2)10-7-9(14)3-4-11(10)15/h3-4,7H,5-6,16H2,1-2H3. The second-order valence-electron chi connectivity index (χ2n) is 4.19. The SMILES string of the molecule is Cc1c(-c2cc(Cl)ccc2F)c(CCN)nn1C. The molecule has 18 heavy (non-hydrogen) atoms. The lowest BCUT2D eigenvalue weighted by atomic mass is 10.0. The van der Waals surface area contributed by atoms with Gasteiger partial charge in [-0.2, -0.15) is 5.10 Å². The third kappa shape index (κ3) is 2.26. The van der Waals surface area contributed by atoms with E-state index < -0.39 is 0 Å². The van der Waals surface area contributed by atoms with Crippen molar-refractivity contribution in [2.45, 2.75) is 13.3 Å². The van der Waals surface area contributed by atoms with Crippen molar-refractivity contribution in [1.29, 1.82) is 0 Å². The Kier molecular flexibility index (Phi) is 3.68. The summed E-state index contributed by atoms with van der Waals surface area (Å²) in [7, 11) is 1.83. The number of aryl methyl sites for hydroxylation is 1. The predicted octanol–water partition coefficient (Wildman–Crippen LogP) is 2.69. The Bertz CT molecular complexity index is 578. The Morgan fingerprint density at radius 3 is 2.83 bits per heavy atom. The highest BCUT2D eigenvalue weighted by atomic mass is 35.5. The maximum atomic E-state index is 13.9. The molecular formula is C13H15ClFN3. The van der Waals surface area contributed by atoms with Gasteiger partial charge in [-0.3, -0.25) is 4.68 Å². The first-order chi connectivity index (χ1) is 8.54.